The molecular weight excluding hydrogens is 552 g/mol. The number of carbonyl (C=O) groups excluding carboxylic acids is 2. The van der Waals surface area contributed by atoms with E-state index in [1.54, 1.807) is 0 Å². The number of carbonyl (C=O) groups is 2. The Labute approximate surface area is 252 Å². The highest BCUT2D eigenvalue weighted by Gasteiger charge is 2.65. The summed E-state index contributed by atoms with van der Waals surface area (Å²) in [6.07, 6.45) is 9.11. The molecule has 2 atom stereocenters. The van der Waals surface area contributed by atoms with Gasteiger partial charge in [-0.2, -0.15) is 8.42 Å². The molecule has 2 heterocycles. The first-order valence-electron chi connectivity index (χ1n) is 15.3. The number of pyridine rings is 1. The number of nitrogens with zero attached hydrogens (tertiary/aromatic N) is 1. The van der Waals surface area contributed by atoms with Crippen molar-refractivity contribution in [2.24, 2.45) is 27.9 Å². The maximum atomic E-state index is 12.0. The van der Waals surface area contributed by atoms with Crippen molar-refractivity contribution in [1.82, 2.24) is 4.98 Å². The molecule has 1 saturated heterocycles. The summed E-state index contributed by atoms with van der Waals surface area (Å²) in [6, 6.07) is 3.86. The number of hydrogen-bond acceptors (Lipinski definition) is 6. The van der Waals surface area contributed by atoms with Crippen molar-refractivity contribution in [1.29, 1.82) is 0 Å². The van der Waals surface area contributed by atoms with Crippen molar-refractivity contribution in [3.05, 3.63) is 35.2 Å². The smallest absolute Gasteiger partial charge is 0.265 e. The van der Waals surface area contributed by atoms with Gasteiger partial charge in [0.05, 0.1) is 33.6 Å². The van der Waals surface area contributed by atoms with Crippen molar-refractivity contribution in [3.8, 4) is 0 Å². The van der Waals surface area contributed by atoms with Crippen molar-refractivity contribution in [3.63, 3.8) is 0 Å². The molecule has 0 aromatic carbocycles. The predicted octanol–water partition coefficient (Wildman–Crippen LogP) is 6.49. The molecule has 3 N–H and O–H groups in total. The van der Waals surface area contributed by atoms with Crippen LogP contribution in [0, 0.1) is 22.2 Å². The van der Waals surface area contributed by atoms with E-state index in [2.05, 4.69) is 47.6 Å². The standard InChI is InChI=1S/C23H34N2O2.C10H16O4S/c1-21(2)11-9-15(10-12-21)19-17(20(24)26)7-8-18(25-19)16-13-22(3,4)27-23(5,6)14-16;1-9(2)7-3-4-10(9,8(11)5-7)6-15(12,13)14/h7-9,16H,10-14H2,1-6H3,(H2,24,26);7H,3-6H2,1-2H3,(H,12,13,14)/t;7?,10-/m.1/s1. The number of allylic oxidation sites excluding steroid dienone is 2. The van der Waals surface area contributed by atoms with E-state index in [1.807, 2.05) is 26.0 Å². The largest absolute Gasteiger partial charge is 0.370 e. The van der Waals surface area contributed by atoms with Crippen molar-refractivity contribution in [2.45, 2.75) is 124 Å². The number of amides is 1. The van der Waals surface area contributed by atoms with Gasteiger partial charge in [0, 0.05) is 18.0 Å². The molecule has 1 unspecified atom stereocenters. The topological polar surface area (TPSA) is 137 Å². The van der Waals surface area contributed by atoms with Crippen LogP contribution < -0.4 is 5.73 Å². The van der Waals surface area contributed by atoms with E-state index in [1.165, 1.54) is 0 Å². The van der Waals surface area contributed by atoms with Crippen LogP contribution in [0.15, 0.2) is 18.2 Å². The number of hydrogen-bond donors (Lipinski definition) is 2. The number of Topliss-reactive ketones (excluding diaryl/α,β-unsaturated/α-hetero) is 1. The Hall–Kier alpha value is -2.10. The first kappa shape index (κ1) is 32.8. The lowest BCUT2D eigenvalue weighted by atomic mass is 9.70. The predicted molar refractivity (Wildman–Crippen MR) is 165 cm³/mol. The zero-order valence-corrected chi connectivity index (χ0v) is 27.5. The highest BCUT2D eigenvalue weighted by Crippen LogP contribution is 2.64. The number of ether oxygens (including phenoxy) is 1. The van der Waals surface area contributed by atoms with Gasteiger partial charge in [0.25, 0.3) is 16.0 Å². The first-order valence-corrected chi connectivity index (χ1v) is 16.9. The van der Waals surface area contributed by atoms with Gasteiger partial charge in [0.2, 0.25) is 0 Å². The van der Waals surface area contributed by atoms with Gasteiger partial charge in [-0.25, -0.2) is 0 Å². The fourth-order valence-electron chi connectivity index (χ4n) is 8.16. The molecule has 9 heteroatoms. The third-order valence-electron chi connectivity index (χ3n) is 10.5. The molecule has 0 spiro atoms. The molecule has 8 nitrogen and oxygen atoms in total. The first-order chi connectivity index (χ1) is 19.1. The summed E-state index contributed by atoms with van der Waals surface area (Å²) in [6.45, 7) is 17.0. The maximum Gasteiger partial charge on any atom is 0.265 e. The molecule has 5 rings (SSSR count). The van der Waals surface area contributed by atoms with E-state index < -0.39 is 27.2 Å². The molecule has 42 heavy (non-hydrogen) atoms. The van der Waals surface area contributed by atoms with Crippen molar-refractivity contribution in [2.75, 3.05) is 5.75 Å². The number of primary amides is 1. The lowest BCUT2D eigenvalue weighted by molar-refractivity contribution is -0.162. The molecule has 1 aromatic heterocycles. The Morgan fingerprint density at radius 3 is 2.12 bits per heavy atom. The molecule has 3 fully saturated rings. The average Bonchev–Trinajstić information content (AvgIpc) is 3.15. The van der Waals surface area contributed by atoms with Crippen LogP contribution >= 0.6 is 0 Å². The Kier molecular flexibility index (Phi) is 8.44. The number of nitrogens with two attached hydrogens (primary N) is 1. The fraction of sp³-hybridized carbons (Fsp3) is 0.727. The second kappa shape index (κ2) is 10.8. The third-order valence-corrected chi connectivity index (χ3v) is 11.3. The molecule has 1 aromatic rings. The van der Waals surface area contributed by atoms with E-state index in [0.717, 1.165) is 55.5 Å². The molecule has 3 aliphatic carbocycles. The molecule has 1 aliphatic heterocycles. The summed E-state index contributed by atoms with van der Waals surface area (Å²) in [7, 11) is -4.08. The average molecular weight is 603 g/mol. The summed E-state index contributed by atoms with van der Waals surface area (Å²) in [5.41, 5.74) is 8.01. The Bertz CT molecular complexity index is 1370. The van der Waals surface area contributed by atoms with E-state index in [4.69, 9.17) is 20.0 Å². The number of rotatable bonds is 5. The van der Waals surface area contributed by atoms with Gasteiger partial charge in [-0.05, 0) is 107 Å². The minimum Gasteiger partial charge on any atom is -0.370 e. The highest BCUT2D eigenvalue weighted by atomic mass is 32.2. The van der Waals surface area contributed by atoms with E-state index in [9.17, 15) is 18.0 Å². The van der Waals surface area contributed by atoms with E-state index >= 15 is 0 Å². The fourth-order valence-corrected chi connectivity index (χ4v) is 9.46. The third kappa shape index (κ3) is 6.68. The monoisotopic (exact) mass is 602 g/mol. The number of ketones is 1. The van der Waals surface area contributed by atoms with Gasteiger partial charge < -0.3 is 10.5 Å². The lowest BCUT2D eigenvalue weighted by Crippen LogP contribution is -2.44. The quantitative estimate of drug-likeness (QED) is 0.367. The number of fused-ring (bicyclic) bond motifs is 2. The van der Waals surface area contributed by atoms with Crippen LogP contribution in [0.5, 0.6) is 0 Å². The van der Waals surface area contributed by atoms with Gasteiger partial charge in [-0.3, -0.25) is 19.1 Å². The molecule has 0 radical (unpaired) electrons. The Morgan fingerprint density at radius 2 is 1.67 bits per heavy atom. The van der Waals surface area contributed by atoms with Crippen LogP contribution in [0.3, 0.4) is 0 Å². The molecule has 234 valence electrons. The summed E-state index contributed by atoms with van der Waals surface area (Å²) >= 11 is 0. The Balaban J connectivity index is 0.000000227. The summed E-state index contributed by atoms with van der Waals surface area (Å²) in [5, 5.41) is 0. The minimum absolute atomic E-state index is 0.0152. The maximum absolute atomic E-state index is 12.0. The second-order valence-corrected chi connectivity index (χ2v) is 17.2. The Morgan fingerprint density at radius 1 is 1.05 bits per heavy atom. The number of aromatic nitrogens is 1. The van der Waals surface area contributed by atoms with Gasteiger partial charge in [-0.1, -0.05) is 33.8 Å². The normalized spacial score (nSPS) is 29.4. The summed E-state index contributed by atoms with van der Waals surface area (Å²) in [4.78, 5) is 28.9. The SMILES string of the molecule is CC1(C)C2CC[C@@]1(CS(=O)(=O)O)C(=O)C2.CC1(C)CC=C(c2nc(C3CC(C)(C)OC(C)(C)C3)ccc2C(N)=O)CC1. The van der Waals surface area contributed by atoms with E-state index in [0.29, 0.717) is 29.7 Å². The highest BCUT2D eigenvalue weighted by molar-refractivity contribution is 7.85. The molecule has 2 bridgehead atoms. The molecule has 1 amide bonds. The summed E-state index contributed by atoms with van der Waals surface area (Å²) in [5.74, 6) is -0.192. The van der Waals surface area contributed by atoms with Crippen LogP contribution in [-0.2, 0) is 19.6 Å². The van der Waals surface area contributed by atoms with E-state index in [-0.39, 0.29) is 28.3 Å². The van der Waals surface area contributed by atoms with Crippen molar-refractivity contribution < 1.29 is 27.3 Å². The lowest BCUT2D eigenvalue weighted by Gasteiger charge is -2.45. The zero-order valence-electron chi connectivity index (χ0n) is 26.7. The van der Waals surface area contributed by atoms with Gasteiger partial charge in [0.1, 0.15) is 5.78 Å². The van der Waals surface area contributed by atoms with Crippen LogP contribution in [0.4, 0.5) is 0 Å². The van der Waals surface area contributed by atoms with Crippen LogP contribution in [0.1, 0.15) is 134 Å². The summed E-state index contributed by atoms with van der Waals surface area (Å²) < 4.78 is 37.2. The van der Waals surface area contributed by atoms with Crippen LogP contribution in [0.25, 0.3) is 5.57 Å². The molecule has 2 saturated carbocycles. The second-order valence-electron chi connectivity index (χ2n) is 15.7. The minimum atomic E-state index is -4.08. The van der Waals surface area contributed by atoms with Crippen LogP contribution in [-0.4, -0.2) is 46.6 Å². The van der Waals surface area contributed by atoms with Gasteiger partial charge in [-0.15, -0.1) is 0 Å². The van der Waals surface area contributed by atoms with Crippen molar-refractivity contribution >= 4 is 27.4 Å². The van der Waals surface area contributed by atoms with Crippen LogP contribution in [0.2, 0.25) is 0 Å². The van der Waals surface area contributed by atoms with Gasteiger partial charge >= 0.3 is 0 Å². The zero-order chi connectivity index (χ0) is 31.5. The molecular formula is C33H50N2O6S. The molecule has 4 aliphatic rings. The van der Waals surface area contributed by atoms with Gasteiger partial charge in [0.15, 0.2) is 0 Å².